The fourth-order valence-electron chi connectivity index (χ4n) is 2.89. The van der Waals surface area contributed by atoms with Gasteiger partial charge in [-0.1, -0.05) is 12.1 Å². The lowest BCUT2D eigenvalue weighted by Gasteiger charge is -2.45. The Labute approximate surface area is 123 Å². The van der Waals surface area contributed by atoms with Crippen LogP contribution in [0.1, 0.15) is 23.2 Å². The van der Waals surface area contributed by atoms with Gasteiger partial charge in [-0.05, 0) is 0 Å². The molecule has 0 N–H and O–H groups in total. The number of amides is 2. The maximum Gasteiger partial charge on any atom is 0.276 e. The molecule has 2 aliphatic heterocycles. The van der Waals surface area contributed by atoms with E-state index in [0.29, 0.717) is 31.0 Å². The Morgan fingerprint density at radius 3 is 2.86 bits per heavy atom. The molecule has 2 saturated heterocycles. The van der Waals surface area contributed by atoms with E-state index in [1.165, 1.54) is 0 Å². The first-order valence-electron chi connectivity index (χ1n) is 7.34. The van der Waals surface area contributed by atoms with E-state index in [1.807, 2.05) is 14.0 Å². The van der Waals surface area contributed by atoms with Crippen molar-refractivity contribution in [1.82, 2.24) is 19.9 Å². The number of hydrogen-bond acceptors (Lipinski definition) is 5. The fourth-order valence-corrected chi connectivity index (χ4v) is 2.89. The number of piperazine rings is 2. The molecule has 0 unspecified atom stereocenters. The number of aromatic nitrogens is 1. The molecule has 0 aliphatic carbocycles. The number of rotatable bonds is 2. The molecule has 0 bridgehead atoms. The Morgan fingerprint density at radius 1 is 1.38 bits per heavy atom. The van der Waals surface area contributed by atoms with E-state index >= 15 is 0 Å². The summed E-state index contributed by atoms with van der Waals surface area (Å²) < 4.78 is 5.09. The predicted molar refractivity (Wildman–Crippen MR) is 74.8 cm³/mol. The third kappa shape index (κ3) is 2.53. The highest BCUT2D eigenvalue weighted by Gasteiger charge is 2.39. The molecule has 2 amide bonds. The second kappa shape index (κ2) is 5.48. The molecular formula is C14H20N4O3. The van der Waals surface area contributed by atoms with Crippen LogP contribution in [0.5, 0.6) is 0 Å². The maximum atomic E-state index is 12.5. The van der Waals surface area contributed by atoms with Crippen LogP contribution >= 0.6 is 0 Å². The van der Waals surface area contributed by atoms with Crippen LogP contribution in [0, 0.1) is 0 Å². The number of aryl methyl sites for hydroxylation is 1. The third-order valence-corrected chi connectivity index (χ3v) is 4.29. The van der Waals surface area contributed by atoms with Crippen LogP contribution in [0.15, 0.2) is 10.6 Å². The zero-order chi connectivity index (χ0) is 15.0. The molecular weight excluding hydrogens is 272 g/mol. The zero-order valence-corrected chi connectivity index (χ0v) is 12.4. The summed E-state index contributed by atoms with van der Waals surface area (Å²) in [5, 5.41) is 3.82. The molecule has 0 aromatic carbocycles. The van der Waals surface area contributed by atoms with E-state index in [0.717, 1.165) is 19.6 Å². The van der Waals surface area contributed by atoms with E-state index in [2.05, 4.69) is 10.1 Å². The van der Waals surface area contributed by atoms with E-state index in [-0.39, 0.29) is 17.9 Å². The van der Waals surface area contributed by atoms with E-state index in [4.69, 9.17) is 4.52 Å². The minimum atomic E-state index is -0.223. The summed E-state index contributed by atoms with van der Waals surface area (Å²) in [5.41, 5.74) is 0.330. The van der Waals surface area contributed by atoms with Gasteiger partial charge >= 0.3 is 0 Å². The smallest absolute Gasteiger partial charge is 0.276 e. The summed E-state index contributed by atoms with van der Waals surface area (Å²) in [6.07, 6.45) is 0.708. The van der Waals surface area contributed by atoms with Gasteiger partial charge in [-0.2, -0.15) is 0 Å². The molecule has 3 heterocycles. The van der Waals surface area contributed by atoms with Crippen LogP contribution < -0.4 is 0 Å². The van der Waals surface area contributed by atoms with Crippen molar-refractivity contribution >= 4 is 11.8 Å². The van der Waals surface area contributed by atoms with Crippen LogP contribution in [0.3, 0.4) is 0 Å². The van der Waals surface area contributed by atoms with E-state index < -0.39 is 0 Å². The van der Waals surface area contributed by atoms with Gasteiger partial charge in [0, 0.05) is 52.3 Å². The summed E-state index contributed by atoms with van der Waals surface area (Å²) in [6, 6.07) is 1.46. The van der Waals surface area contributed by atoms with Crippen molar-refractivity contribution in [1.29, 1.82) is 0 Å². The predicted octanol–water partition coefficient (Wildman–Crippen LogP) is -0.165. The van der Waals surface area contributed by atoms with Crippen LogP contribution in [-0.4, -0.2) is 77.5 Å². The largest absolute Gasteiger partial charge is 0.361 e. The highest BCUT2D eigenvalue weighted by molar-refractivity contribution is 5.93. The Morgan fingerprint density at radius 2 is 2.14 bits per heavy atom. The van der Waals surface area contributed by atoms with Gasteiger partial charge in [-0.15, -0.1) is 0 Å². The SMILES string of the molecule is CCc1cc(C(=O)N2CCN3CCN(C)C(=O)[C@H]3C2)no1. The number of likely N-dealkylation sites (N-methyl/N-ethyl adjacent to an activating group) is 1. The number of carbonyl (C=O) groups is 2. The first-order chi connectivity index (χ1) is 10.1. The molecule has 0 spiro atoms. The monoisotopic (exact) mass is 292 g/mol. The van der Waals surface area contributed by atoms with E-state index in [1.54, 1.807) is 15.9 Å². The highest BCUT2D eigenvalue weighted by Crippen LogP contribution is 2.18. The molecule has 21 heavy (non-hydrogen) atoms. The Bertz CT molecular complexity index is 556. The van der Waals surface area contributed by atoms with Gasteiger partial charge in [0.1, 0.15) is 11.8 Å². The topological polar surface area (TPSA) is 69.9 Å². The highest BCUT2D eigenvalue weighted by atomic mass is 16.5. The molecule has 2 aliphatic rings. The number of fused-ring (bicyclic) bond motifs is 1. The van der Waals surface area contributed by atoms with Crippen molar-refractivity contribution < 1.29 is 14.1 Å². The van der Waals surface area contributed by atoms with Crippen LogP contribution in [-0.2, 0) is 11.2 Å². The van der Waals surface area contributed by atoms with Gasteiger partial charge in [-0.3, -0.25) is 14.5 Å². The maximum absolute atomic E-state index is 12.5. The second-order valence-electron chi connectivity index (χ2n) is 5.59. The lowest BCUT2D eigenvalue weighted by molar-refractivity contribution is -0.142. The lowest BCUT2D eigenvalue weighted by Crippen LogP contribution is -2.64. The number of hydrogen-bond donors (Lipinski definition) is 0. The van der Waals surface area contributed by atoms with Gasteiger partial charge in [0.15, 0.2) is 5.69 Å². The van der Waals surface area contributed by atoms with Gasteiger partial charge in [0.05, 0.1) is 0 Å². The summed E-state index contributed by atoms with van der Waals surface area (Å²) in [5.74, 6) is 0.637. The Hall–Kier alpha value is -1.89. The summed E-state index contributed by atoms with van der Waals surface area (Å²) in [4.78, 5) is 30.3. The lowest BCUT2D eigenvalue weighted by atomic mass is 10.1. The Balaban J connectivity index is 1.72. The molecule has 1 aromatic heterocycles. The fraction of sp³-hybridized carbons (Fsp3) is 0.643. The first-order valence-corrected chi connectivity index (χ1v) is 7.34. The molecule has 2 fully saturated rings. The van der Waals surface area contributed by atoms with Gasteiger partial charge in [0.25, 0.3) is 5.91 Å². The molecule has 1 aromatic rings. The van der Waals surface area contributed by atoms with Gasteiger partial charge in [0.2, 0.25) is 5.91 Å². The van der Waals surface area contributed by atoms with Crippen molar-refractivity contribution in [3.63, 3.8) is 0 Å². The molecule has 1 atom stereocenters. The van der Waals surface area contributed by atoms with Crippen molar-refractivity contribution in [2.75, 3.05) is 39.8 Å². The number of nitrogens with zero attached hydrogens (tertiary/aromatic N) is 4. The molecule has 7 nitrogen and oxygen atoms in total. The zero-order valence-electron chi connectivity index (χ0n) is 12.4. The van der Waals surface area contributed by atoms with Gasteiger partial charge < -0.3 is 14.3 Å². The normalized spacial score (nSPS) is 23.3. The average Bonchev–Trinajstić information content (AvgIpc) is 2.99. The van der Waals surface area contributed by atoms with E-state index in [9.17, 15) is 9.59 Å². The van der Waals surface area contributed by atoms with Gasteiger partial charge in [-0.25, -0.2) is 0 Å². The van der Waals surface area contributed by atoms with Crippen molar-refractivity contribution in [2.24, 2.45) is 0 Å². The van der Waals surface area contributed by atoms with Crippen molar-refractivity contribution in [3.05, 3.63) is 17.5 Å². The summed E-state index contributed by atoms with van der Waals surface area (Å²) in [6.45, 7) is 5.36. The van der Waals surface area contributed by atoms with Crippen molar-refractivity contribution in [3.8, 4) is 0 Å². The number of carbonyl (C=O) groups excluding carboxylic acids is 2. The van der Waals surface area contributed by atoms with Crippen LogP contribution in [0.2, 0.25) is 0 Å². The Kier molecular flexibility index (Phi) is 3.67. The third-order valence-electron chi connectivity index (χ3n) is 4.29. The molecule has 0 saturated carbocycles. The van der Waals surface area contributed by atoms with Crippen molar-refractivity contribution in [2.45, 2.75) is 19.4 Å². The minimum absolute atomic E-state index is 0.0909. The average molecular weight is 292 g/mol. The molecule has 0 radical (unpaired) electrons. The second-order valence-corrected chi connectivity index (χ2v) is 5.59. The van der Waals surface area contributed by atoms with Crippen LogP contribution in [0.4, 0.5) is 0 Å². The summed E-state index contributed by atoms with van der Waals surface area (Å²) >= 11 is 0. The first kappa shape index (κ1) is 14.1. The molecule has 114 valence electrons. The standard InChI is InChI=1S/C14H20N4O3/c1-3-10-8-11(15-21-10)13(19)18-7-6-17-5-4-16(2)14(20)12(17)9-18/h8,12H,3-7,9H2,1-2H3/t12-/m1/s1. The minimum Gasteiger partial charge on any atom is -0.361 e. The van der Waals surface area contributed by atoms with Crippen LogP contribution in [0.25, 0.3) is 0 Å². The molecule has 7 heteroatoms. The quantitative estimate of drug-likeness (QED) is 0.757. The summed E-state index contributed by atoms with van der Waals surface area (Å²) in [7, 11) is 1.81. The molecule has 3 rings (SSSR count).